The third kappa shape index (κ3) is 5.92. The Labute approximate surface area is 162 Å². The molecule has 1 saturated carbocycles. The molecule has 5 unspecified atom stereocenters. The molecule has 0 N–H and O–H groups in total. The molecule has 5 atom stereocenters. The third-order valence-corrected chi connectivity index (χ3v) is 6.67. The van der Waals surface area contributed by atoms with Gasteiger partial charge in [-0.05, 0) is 44.9 Å². The van der Waals surface area contributed by atoms with Gasteiger partial charge in [0.2, 0.25) is 0 Å². The normalized spacial score (nSPS) is 23.4. The molecule has 26 heavy (non-hydrogen) atoms. The van der Waals surface area contributed by atoms with Crippen LogP contribution in [0.1, 0.15) is 66.2 Å². The largest absolute Gasteiger partial charge is 0.384 e. The van der Waals surface area contributed by atoms with Crippen molar-refractivity contribution in [2.24, 2.45) is 23.7 Å². The zero-order valence-electron chi connectivity index (χ0n) is 18.5. The fourth-order valence-electron chi connectivity index (χ4n) is 5.08. The lowest BCUT2D eigenvalue weighted by Gasteiger charge is -2.49. The molecule has 0 aromatic rings. The van der Waals surface area contributed by atoms with Gasteiger partial charge < -0.3 is 18.9 Å². The van der Waals surface area contributed by atoms with Crippen molar-refractivity contribution in [3.05, 3.63) is 0 Å². The third-order valence-electron chi connectivity index (χ3n) is 6.67. The first kappa shape index (κ1) is 23.9. The van der Waals surface area contributed by atoms with Crippen LogP contribution in [-0.4, -0.2) is 52.9 Å². The molecular weight excluding hydrogens is 328 g/mol. The molecule has 0 radical (unpaired) electrons. The van der Waals surface area contributed by atoms with Gasteiger partial charge in [-0.25, -0.2) is 0 Å². The van der Waals surface area contributed by atoms with Crippen molar-refractivity contribution >= 4 is 0 Å². The van der Waals surface area contributed by atoms with Crippen LogP contribution in [0.2, 0.25) is 0 Å². The summed E-state index contributed by atoms with van der Waals surface area (Å²) >= 11 is 0. The van der Waals surface area contributed by atoms with Crippen molar-refractivity contribution in [2.45, 2.75) is 84.0 Å². The quantitative estimate of drug-likeness (QED) is 0.486. The van der Waals surface area contributed by atoms with E-state index >= 15 is 0 Å². The Hall–Kier alpha value is -0.160. The molecule has 4 heteroatoms. The monoisotopic (exact) mass is 372 g/mol. The van der Waals surface area contributed by atoms with E-state index in [9.17, 15) is 0 Å². The molecule has 0 aromatic carbocycles. The van der Waals surface area contributed by atoms with Crippen LogP contribution in [0, 0.1) is 23.7 Å². The van der Waals surface area contributed by atoms with Gasteiger partial charge in [0.1, 0.15) is 0 Å². The molecule has 1 aliphatic rings. The summed E-state index contributed by atoms with van der Waals surface area (Å²) in [5, 5.41) is 0. The standard InChI is InChI=1S/C22H44O4/c1-16(2)14-19(17(3)24-6)21(25-7)22(4,26-8)20(15-23-5)18-12-10-9-11-13-18/h16-21H,9-15H2,1-8H3. The van der Waals surface area contributed by atoms with Crippen LogP contribution in [0.3, 0.4) is 0 Å². The Balaban J connectivity index is 3.21. The van der Waals surface area contributed by atoms with Crippen molar-refractivity contribution in [3.63, 3.8) is 0 Å². The van der Waals surface area contributed by atoms with E-state index in [1.165, 1.54) is 32.1 Å². The minimum atomic E-state index is -0.404. The maximum Gasteiger partial charge on any atom is 0.0967 e. The Morgan fingerprint density at radius 2 is 1.54 bits per heavy atom. The Morgan fingerprint density at radius 1 is 0.923 bits per heavy atom. The molecule has 0 spiro atoms. The fourth-order valence-corrected chi connectivity index (χ4v) is 5.08. The molecule has 4 nitrogen and oxygen atoms in total. The first-order valence-corrected chi connectivity index (χ1v) is 10.4. The second kappa shape index (κ2) is 11.6. The average Bonchev–Trinajstić information content (AvgIpc) is 2.65. The van der Waals surface area contributed by atoms with E-state index in [4.69, 9.17) is 18.9 Å². The highest BCUT2D eigenvalue weighted by Crippen LogP contribution is 2.43. The van der Waals surface area contributed by atoms with E-state index in [-0.39, 0.29) is 18.1 Å². The predicted molar refractivity (Wildman–Crippen MR) is 108 cm³/mol. The van der Waals surface area contributed by atoms with Crippen molar-refractivity contribution in [2.75, 3.05) is 35.0 Å². The number of hydrogen-bond acceptors (Lipinski definition) is 4. The lowest BCUT2D eigenvalue weighted by atomic mass is 9.67. The van der Waals surface area contributed by atoms with Gasteiger partial charge >= 0.3 is 0 Å². The molecule has 0 heterocycles. The summed E-state index contributed by atoms with van der Waals surface area (Å²) in [7, 11) is 7.25. The second-order valence-electron chi connectivity index (χ2n) is 8.74. The van der Waals surface area contributed by atoms with E-state index in [0.29, 0.717) is 24.4 Å². The Morgan fingerprint density at radius 3 is 1.96 bits per heavy atom. The lowest BCUT2D eigenvalue weighted by Crippen LogP contribution is -2.57. The van der Waals surface area contributed by atoms with Gasteiger partial charge in [-0.2, -0.15) is 0 Å². The minimum absolute atomic E-state index is 0.0353. The van der Waals surface area contributed by atoms with Gasteiger partial charge in [0.15, 0.2) is 0 Å². The van der Waals surface area contributed by atoms with Crippen LogP contribution in [0.5, 0.6) is 0 Å². The van der Waals surface area contributed by atoms with E-state index < -0.39 is 5.60 Å². The van der Waals surface area contributed by atoms with Crippen LogP contribution in [0.25, 0.3) is 0 Å². The van der Waals surface area contributed by atoms with Crippen molar-refractivity contribution < 1.29 is 18.9 Å². The predicted octanol–water partition coefficient (Wildman–Crippen LogP) is 4.95. The average molecular weight is 373 g/mol. The van der Waals surface area contributed by atoms with Crippen LogP contribution >= 0.6 is 0 Å². The topological polar surface area (TPSA) is 36.9 Å². The van der Waals surface area contributed by atoms with Gasteiger partial charge in [0.25, 0.3) is 0 Å². The molecule has 0 saturated heterocycles. The van der Waals surface area contributed by atoms with Crippen LogP contribution < -0.4 is 0 Å². The summed E-state index contributed by atoms with van der Waals surface area (Å²) in [6.07, 6.45) is 7.63. The second-order valence-corrected chi connectivity index (χ2v) is 8.74. The van der Waals surface area contributed by atoms with E-state index in [1.807, 2.05) is 14.2 Å². The summed E-state index contributed by atoms with van der Waals surface area (Å²) < 4.78 is 23.8. The molecule has 0 bridgehead atoms. The molecule has 1 rings (SSSR count). The van der Waals surface area contributed by atoms with Gasteiger partial charge in [-0.3, -0.25) is 0 Å². The van der Waals surface area contributed by atoms with E-state index in [0.717, 1.165) is 6.42 Å². The molecule has 0 aromatic heterocycles. The van der Waals surface area contributed by atoms with Crippen molar-refractivity contribution in [1.29, 1.82) is 0 Å². The molecule has 0 amide bonds. The van der Waals surface area contributed by atoms with Gasteiger partial charge in [-0.15, -0.1) is 0 Å². The molecule has 0 aliphatic heterocycles. The molecule has 1 aliphatic carbocycles. The molecular formula is C22H44O4. The Bertz CT molecular complexity index is 367. The maximum absolute atomic E-state index is 6.26. The first-order chi connectivity index (χ1) is 12.3. The maximum atomic E-state index is 6.26. The zero-order chi connectivity index (χ0) is 19.7. The summed E-state index contributed by atoms with van der Waals surface area (Å²) in [5.41, 5.74) is -0.404. The number of ether oxygens (including phenoxy) is 4. The van der Waals surface area contributed by atoms with E-state index in [1.54, 1.807) is 14.2 Å². The molecule has 1 fully saturated rings. The minimum Gasteiger partial charge on any atom is -0.384 e. The highest BCUT2D eigenvalue weighted by atomic mass is 16.5. The van der Waals surface area contributed by atoms with Crippen LogP contribution in [0.4, 0.5) is 0 Å². The van der Waals surface area contributed by atoms with Crippen LogP contribution in [0.15, 0.2) is 0 Å². The van der Waals surface area contributed by atoms with E-state index in [2.05, 4.69) is 27.7 Å². The smallest absolute Gasteiger partial charge is 0.0967 e. The zero-order valence-corrected chi connectivity index (χ0v) is 18.5. The number of hydrogen-bond donors (Lipinski definition) is 0. The van der Waals surface area contributed by atoms with Crippen LogP contribution in [-0.2, 0) is 18.9 Å². The fraction of sp³-hybridized carbons (Fsp3) is 1.00. The lowest BCUT2D eigenvalue weighted by molar-refractivity contribution is -0.195. The summed E-state index contributed by atoms with van der Waals surface area (Å²) in [6, 6.07) is 0. The van der Waals surface area contributed by atoms with Gasteiger partial charge in [0, 0.05) is 40.3 Å². The summed E-state index contributed by atoms with van der Waals surface area (Å²) in [6.45, 7) is 9.63. The number of methoxy groups -OCH3 is 4. The van der Waals surface area contributed by atoms with Crippen molar-refractivity contribution in [3.8, 4) is 0 Å². The van der Waals surface area contributed by atoms with Crippen molar-refractivity contribution in [1.82, 2.24) is 0 Å². The van der Waals surface area contributed by atoms with Gasteiger partial charge in [0.05, 0.1) is 24.4 Å². The SMILES string of the molecule is COCC(C1CCCCC1)C(C)(OC)C(OC)C(CC(C)C)C(C)OC. The highest BCUT2D eigenvalue weighted by molar-refractivity contribution is 4.99. The highest BCUT2D eigenvalue weighted by Gasteiger charge is 2.49. The molecule has 156 valence electrons. The number of rotatable bonds is 12. The summed E-state index contributed by atoms with van der Waals surface area (Å²) in [4.78, 5) is 0. The Kier molecular flexibility index (Phi) is 10.7. The first-order valence-electron chi connectivity index (χ1n) is 10.4. The van der Waals surface area contributed by atoms with Gasteiger partial charge in [-0.1, -0.05) is 33.1 Å². The summed E-state index contributed by atoms with van der Waals surface area (Å²) in [5.74, 6) is 1.80.